The van der Waals surface area contributed by atoms with E-state index in [9.17, 15) is 9.13 Å². The first-order valence-electron chi connectivity index (χ1n) is 10.6. The molecule has 35 heavy (non-hydrogen) atoms. The van der Waals surface area contributed by atoms with Crippen LogP contribution in [0, 0.1) is 0 Å². The first-order valence-corrected chi connectivity index (χ1v) is 14.4. The van der Waals surface area contributed by atoms with Gasteiger partial charge in [0.25, 0.3) is 0 Å². The molecule has 0 unspecified atom stereocenters. The third-order valence-corrected chi connectivity index (χ3v) is 13.0. The van der Waals surface area contributed by atoms with Crippen molar-refractivity contribution < 1.29 is 28.9 Å². The lowest BCUT2D eigenvalue weighted by molar-refractivity contribution is -0.159. The van der Waals surface area contributed by atoms with Gasteiger partial charge in [0.1, 0.15) is 0 Å². The normalized spacial score (nSPS) is 11.1. The molecule has 4 aromatic rings. The van der Waals surface area contributed by atoms with Crippen molar-refractivity contribution in [3.63, 3.8) is 0 Å². The largest absolute Gasteiger partial charge is 0.473 e. The standard InChI is InChI=1S/C25H22O2P2.C2H2O4/c26-28(22-13-5-1-6-14-22,23-15-7-2-8-16-23)21-29(27,24-17-9-3-10-18-24)25-19-11-4-12-20-25;3-1(4)2(5)6/h1-20H,21H2;(H,3,4)(H,5,6). The molecule has 0 aliphatic carbocycles. The second kappa shape index (κ2) is 11.6. The van der Waals surface area contributed by atoms with Crippen LogP contribution in [0.15, 0.2) is 121 Å². The fourth-order valence-corrected chi connectivity index (χ4v) is 11.6. The van der Waals surface area contributed by atoms with Crippen molar-refractivity contribution >= 4 is 47.4 Å². The number of carbonyl (C=O) groups is 2. The molecule has 0 fully saturated rings. The summed E-state index contributed by atoms with van der Waals surface area (Å²) in [6.45, 7) is 0. The van der Waals surface area contributed by atoms with E-state index in [1.165, 1.54) is 0 Å². The van der Waals surface area contributed by atoms with Gasteiger partial charge >= 0.3 is 11.9 Å². The van der Waals surface area contributed by atoms with E-state index in [1.807, 2.05) is 121 Å². The van der Waals surface area contributed by atoms with Crippen LogP contribution >= 0.6 is 14.3 Å². The van der Waals surface area contributed by atoms with E-state index in [2.05, 4.69) is 0 Å². The van der Waals surface area contributed by atoms with Crippen LogP contribution in [0.25, 0.3) is 0 Å². The smallest absolute Gasteiger partial charge is 0.414 e. The van der Waals surface area contributed by atoms with Crippen LogP contribution in [0.5, 0.6) is 0 Å². The van der Waals surface area contributed by atoms with Gasteiger partial charge in [-0.1, -0.05) is 121 Å². The van der Waals surface area contributed by atoms with E-state index in [-0.39, 0.29) is 5.90 Å². The summed E-state index contributed by atoms with van der Waals surface area (Å²) in [7, 11) is -6.28. The Hall–Kier alpha value is -3.72. The Labute approximate surface area is 203 Å². The maximum Gasteiger partial charge on any atom is 0.414 e. The minimum atomic E-state index is -3.14. The molecule has 0 aliphatic heterocycles. The molecule has 4 rings (SSSR count). The molecular formula is C27H24O6P2. The predicted octanol–water partition coefficient (Wildman–Crippen LogP) is 4.13. The summed E-state index contributed by atoms with van der Waals surface area (Å²) in [6.07, 6.45) is 0. The molecule has 8 heteroatoms. The fourth-order valence-electron chi connectivity index (χ4n) is 3.58. The summed E-state index contributed by atoms with van der Waals surface area (Å²) >= 11 is 0. The van der Waals surface area contributed by atoms with Gasteiger partial charge in [0.15, 0.2) is 14.3 Å². The van der Waals surface area contributed by atoms with E-state index >= 15 is 0 Å². The van der Waals surface area contributed by atoms with Crippen molar-refractivity contribution in [2.75, 3.05) is 5.90 Å². The van der Waals surface area contributed by atoms with Crippen LogP contribution < -0.4 is 21.2 Å². The first kappa shape index (κ1) is 25.9. The van der Waals surface area contributed by atoms with Gasteiger partial charge in [0, 0.05) is 21.2 Å². The van der Waals surface area contributed by atoms with Crippen LogP contribution in [0.2, 0.25) is 0 Å². The average Bonchev–Trinajstić information content (AvgIpc) is 2.91. The summed E-state index contributed by atoms with van der Waals surface area (Å²) in [5, 5.41) is 17.7. The van der Waals surface area contributed by atoms with E-state index in [1.54, 1.807) is 0 Å². The Balaban J connectivity index is 0.000000509. The monoisotopic (exact) mass is 506 g/mol. The van der Waals surface area contributed by atoms with Gasteiger partial charge in [0.05, 0.1) is 5.90 Å². The van der Waals surface area contributed by atoms with Gasteiger partial charge < -0.3 is 19.3 Å². The Morgan fingerprint density at radius 1 is 0.457 bits per heavy atom. The molecule has 0 spiro atoms. The van der Waals surface area contributed by atoms with Crippen molar-refractivity contribution in [2.24, 2.45) is 0 Å². The van der Waals surface area contributed by atoms with Crippen LogP contribution in [0.3, 0.4) is 0 Å². The Morgan fingerprint density at radius 2 is 0.657 bits per heavy atom. The Bertz CT molecular complexity index is 1160. The number of aliphatic carboxylic acids is 2. The maximum atomic E-state index is 14.6. The molecule has 0 amide bonds. The third kappa shape index (κ3) is 6.24. The zero-order chi connectivity index (χ0) is 25.3. The highest BCUT2D eigenvalue weighted by atomic mass is 31.2. The van der Waals surface area contributed by atoms with E-state index < -0.39 is 26.2 Å². The number of carboxylic acid groups (broad SMARTS) is 2. The molecular weight excluding hydrogens is 482 g/mol. The second-order valence-electron chi connectivity index (χ2n) is 7.57. The number of carboxylic acids is 2. The van der Waals surface area contributed by atoms with Crippen molar-refractivity contribution in [1.29, 1.82) is 0 Å². The lowest BCUT2D eigenvalue weighted by Crippen LogP contribution is -2.25. The van der Waals surface area contributed by atoms with Crippen molar-refractivity contribution in [3.8, 4) is 0 Å². The molecule has 0 saturated carbocycles. The van der Waals surface area contributed by atoms with Crippen LogP contribution in [0.4, 0.5) is 0 Å². The molecule has 178 valence electrons. The van der Waals surface area contributed by atoms with Crippen LogP contribution in [0.1, 0.15) is 0 Å². The van der Waals surface area contributed by atoms with E-state index in [0.29, 0.717) is 0 Å². The van der Waals surface area contributed by atoms with Gasteiger partial charge in [-0.05, 0) is 0 Å². The van der Waals surface area contributed by atoms with Crippen molar-refractivity contribution in [1.82, 2.24) is 0 Å². The molecule has 0 heterocycles. The first-order chi connectivity index (χ1) is 16.8. The summed E-state index contributed by atoms with van der Waals surface area (Å²) in [5.41, 5.74) is 0. The topological polar surface area (TPSA) is 109 Å². The number of rotatable bonds is 6. The molecule has 2 N–H and O–H groups in total. The third-order valence-electron chi connectivity index (χ3n) is 5.27. The van der Waals surface area contributed by atoms with Gasteiger partial charge in [-0.15, -0.1) is 0 Å². The summed E-state index contributed by atoms with van der Waals surface area (Å²) in [6, 6.07) is 37.8. The SMILES string of the molecule is O=C(O)C(=O)O.O=P(CP(=O)(c1ccccc1)c1ccccc1)(c1ccccc1)c1ccccc1. The summed E-state index contributed by atoms with van der Waals surface area (Å²) < 4.78 is 29.2. The Morgan fingerprint density at radius 3 is 0.829 bits per heavy atom. The molecule has 0 aliphatic rings. The van der Waals surface area contributed by atoms with Gasteiger partial charge in [-0.25, -0.2) is 9.59 Å². The minimum absolute atomic E-state index is 0.0854. The molecule has 4 aromatic carbocycles. The molecule has 0 saturated heterocycles. The number of hydrogen-bond donors (Lipinski definition) is 2. The van der Waals surface area contributed by atoms with Gasteiger partial charge in [0.2, 0.25) is 0 Å². The fraction of sp³-hybridized carbons (Fsp3) is 0.0370. The van der Waals surface area contributed by atoms with Gasteiger partial charge in [-0.3, -0.25) is 0 Å². The lowest BCUT2D eigenvalue weighted by Gasteiger charge is -2.26. The predicted molar refractivity (Wildman–Crippen MR) is 140 cm³/mol. The summed E-state index contributed by atoms with van der Waals surface area (Å²) in [5.74, 6) is -3.56. The molecule has 6 nitrogen and oxygen atoms in total. The molecule has 0 bridgehead atoms. The zero-order valence-corrected chi connectivity index (χ0v) is 20.5. The van der Waals surface area contributed by atoms with E-state index in [4.69, 9.17) is 19.8 Å². The highest BCUT2D eigenvalue weighted by molar-refractivity contribution is 7.94. The molecule has 0 aromatic heterocycles. The van der Waals surface area contributed by atoms with E-state index in [0.717, 1.165) is 21.2 Å². The highest BCUT2D eigenvalue weighted by Gasteiger charge is 2.39. The Kier molecular flexibility index (Phi) is 8.59. The quantitative estimate of drug-likeness (QED) is 0.301. The molecule has 0 radical (unpaired) electrons. The average molecular weight is 506 g/mol. The van der Waals surface area contributed by atoms with Crippen LogP contribution in [-0.2, 0) is 18.7 Å². The molecule has 0 atom stereocenters. The second-order valence-corrected chi connectivity index (χ2v) is 13.7. The van der Waals surface area contributed by atoms with Crippen molar-refractivity contribution in [3.05, 3.63) is 121 Å². The maximum absolute atomic E-state index is 14.6. The lowest BCUT2D eigenvalue weighted by atomic mass is 10.4. The van der Waals surface area contributed by atoms with Crippen LogP contribution in [-0.4, -0.2) is 28.1 Å². The minimum Gasteiger partial charge on any atom is -0.473 e. The highest BCUT2D eigenvalue weighted by Crippen LogP contribution is 2.59. The zero-order valence-electron chi connectivity index (χ0n) is 18.7. The summed E-state index contributed by atoms with van der Waals surface area (Å²) in [4.78, 5) is 18.2. The number of benzene rings is 4. The van der Waals surface area contributed by atoms with Crippen molar-refractivity contribution in [2.45, 2.75) is 0 Å². The van der Waals surface area contributed by atoms with Gasteiger partial charge in [-0.2, -0.15) is 0 Å². The number of hydrogen-bond acceptors (Lipinski definition) is 4.